The highest BCUT2D eigenvalue weighted by Gasteiger charge is 2.21. The minimum atomic E-state index is -0.140. The van der Waals surface area contributed by atoms with Crippen LogP contribution in [-0.4, -0.2) is 43.0 Å². The van der Waals surface area contributed by atoms with Crippen molar-refractivity contribution in [1.29, 1.82) is 0 Å². The Morgan fingerprint density at radius 3 is 2.23 bits per heavy atom. The number of likely N-dealkylation sites (tertiary alicyclic amines) is 1. The molecule has 1 aliphatic rings. The van der Waals surface area contributed by atoms with Crippen molar-refractivity contribution in [1.82, 2.24) is 4.90 Å². The molecule has 6 heteroatoms. The molecule has 31 heavy (non-hydrogen) atoms. The van der Waals surface area contributed by atoms with Crippen molar-refractivity contribution in [2.45, 2.75) is 33.6 Å². The Kier molecular flexibility index (Phi) is 7.93. The molecule has 6 nitrogen and oxygen atoms in total. The number of anilines is 2. The quantitative estimate of drug-likeness (QED) is 0.649. The Morgan fingerprint density at radius 2 is 1.61 bits per heavy atom. The number of nitrogens with one attached hydrogen (secondary N) is 2. The molecule has 1 aliphatic heterocycles. The molecule has 2 aromatic rings. The van der Waals surface area contributed by atoms with Crippen LogP contribution >= 0.6 is 0 Å². The average Bonchev–Trinajstić information content (AvgIpc) is 2.77. The number of carbonyl (C=O) groups is 2. The standard InChI is InChI=1S/C25H33N3O3/c1-18(2)17-31-23-10-8-22(9-11-23)27-24(29)16-26-21-6-4-20(5-7-21)25(30)28-14-12-19(3)13-15-28/h4-11,18-19,26H,12-17H2,1-3H3,(H,27,29). The SMILES string of the molecule is CC(C)COc1ccc(NC(=O)CNc2ccc(C(=O)N3CCC(C)CC3)cc2)cc1. The van der Waals surface area contributed by atoms with E-state index in [-0.39, 0.29) is 18.4 Å². The maximum atomic E-state index is 12.6. The molecule has 3 rings (SSSR count). The van der Waals surface area contributed by atoms with Crippen molar-refractivity contribution in [2.75, 3.05) is 36.9 Å². The molecule has 0 radical (unpaired) electrons. The summed E-state index contributed by atoms with van der Waals surface area (Å²) in [6, 6.07) is 14.7. The zero-order chi connectivity index (χ0) is 22.2. The third kappa shape index (κ3) is 7.02. The van der Waals surface area contributed by atoms with Crippen molar-refractivity contribution in [3.05, 3.63) is 54.1 Å². The molecule has 0 saturated carbocycles. The summed E-state index contributed by atoms with van der Waals surface area (Å²) in [4.78, 5) is 26.8. The van der Waals surface area contributed by atoms with Gasteiger partial charge in [-0.3, -0.25) is 9.59 Å². The van der Waals surface area contributed by atoms with Gasteiger partial charge in [-0.15, -0.1) is 0 Å². The molecule has 1 fully saturated rings. The van der Waals surface area contributed by atoms with E-state index in [1.54, 1.807) is 0 Å². The van der Waals surface area contributed by atoms with Gasteiger partial charge in [0.25, 0.3) is 5.91 Å². The van der Waals surface area contributed by atoms with Gasteiger partial charge < -0.3 is 20.3 Å². The number of hydrogen-bond donors (Lipinski definition) is 2. The Bertz CT molecular complexity index is 855. The molecule has 0 unspecified atom stereocenters. The molecular weight excluding hydrogens is 390 g/mol. The van der Waals surface area contributed by atoms with E-state index >= 15 is 0 Å². The summed E-state index contributed by atoms with van der Waals surface area (Å²) < 4.78 is 5.65. The van der Waals surface area contributed by atoms with Crippen LogP contribution < -0.4 is 15.4 Å². The van der Waals surface area contributed by atoms with Crippen LogP contribution in [0.3, 0.4) is 0 Å². The lowest BCUT2D eigenvalue weighted by Gasteiger charge is -2.30. The maximum Gasteiger partial charge on any atom is 0.253 e. The predicted molar refractivity (Wildman–Crippen MR) is 125 cm³/mol. The summed E-state index contributed by atoms with van der Waals surface area (Å²) in [6.07, 6.45) is 2.13. The van der Waals surface area contributed by atoms with Crippen molar-refractivity contribution >= 4 is 23.2 Å². The number of rotatable bonds is 8. The van der Waals surface area contributed by atoms with Crippen molar-refractivity contribution in [3.8, 4) is 5.75 Å². The highest BCUT2D eigenvalue weighted by molar-refractivity contribution is 5.95. The number of amides is 2. The first-order valence-corrected chi connectivity index (χ1v) is 11.1. The molecule has 0 aliphatic carbocycles. The predicted octanol–water partition coefficient (Wildman–Crippen LogP) is 4.64. The van der Waals surface area contributed by atoms with E-state index in [4.69, 9.17) is 4.74 Å². The lowest BCUT2D eigenvalue weighted by Crippen LogP contribution is -2.37. The maximum absolute atomic E-state index is 12.6. The molecule has 1 heterocycles. The first-order chi connectivity index (χ1) is 14.9. The van der Waals surface area contributed by atoms with Gasteiger partial charge in [-0.05, 0) is 73.2 Å². The van der Waals surface area contributed by atoms with Crippen LogP contribution in [0.4, 0.5) is 11.4 Å². The van der Waals surface area contributed by atoms with Crippen LogP contribution in [0.5, 0.6) is 5.75 Å². The van der Waals surface area contributed by atoms with Crippen LogP contribution in [0, 0.1) is 11.8 Å². The van der Waals surface area contributed by atoms with Crippen LogP contribution in [0.1, 0.15) is 44.0 Å². The van der Waals surface area contributed by atoms with Gasteiger partial charge in [-0.1, -0.05) is 20.8 Å². The lowest BCUT2D eigenvalue weighted by atomic mass is 9.98. The first kappa shape index (κ1) is 22.7. The highest BCUT2D eigenvalue weighted by Crippen LogP contribution is 2.19. The Labute approximate surface area is 185 Å². The molecule has 2 amide bonds. The molecule has 166 valence electrons. The summed E-state index contributed by atoms with van der Waals surface area (Å²) in [5.74, 6) is 1.89. The molecule has 0 bridgehead atoms. The van der Waals surface area contributed by atoms with Crippen molar-refractivity contribution in [2.24, 2.45) is 11.8 Å². The highest BCUT2D eigenvalue weighted by atomic mass is 16.5. The van der Waals surface area contributed by atoms with Crippen molar-refractivity contribution in [3.63, 3.8) is 0 Å². The minimum absolute atomic E-state index is 0.0806. The van der Waals surface area contributed by atoms with E-state index in [0.29, 0.717) is 24.0 Å². The molecular formula is C25H33N3O3. The first-order valence-electron chi connectivity index (χ1n) is 11.1. The fourth-order valence-electron chi connectivity index (χ4n) is 3.41. The Morgan fingerprint density at radius 1 is 1.00 bits per heavy atom. The van der Waals surface area contributed by atoms with Gasteiger partial charge in [0.2, 0.25) is 5.91 Å². The molecule has 2 aromatic carbocycles. The average molecular weight is 424 g/mol. The summed E-state index contributed by atoms with van der Waals surface area (Å²) in [5, 5.41) is 5.96. The summed E-state index contributed by atoms with van der Waals surface area (Å²) in [7, 11) is 0. The smallest absolute Gasteiger partial charge is 0.253 e. The van der Waals surface area contributed by atoms with E-state index in [2.05, 4.69) is 31.4 Å². The van der Waals surface area contributed by atoms with E-state index < -0.39 is 0 Å². The Hall–Kier alpha value is -3.02. The minimum Gasteiger partial charge on any atom is -0.493 e. The third-order valence-corrected chi connectivity index (χ3v) is 5.38. The summed E-state index contributed by atoms with van der Waals surface area (Å²) >= 11 is 0. The number of nitrogens with zero attached hydrogens (tertiary/aromatic N) is 1. The van der Waals surface area contributed by atoms with Gasteiger partial charge in [0.05, 0.1) is 13.2 Å². The van der Waals surface area contributed by atoms with Gasteiger partial charge >= 0.3 is 0 Å². The number of hydrogen-bond acceptors (Lipinski definition) is 4. The van der Waals surface area contributed by atoms with Crippen LogP contribution in [-0.2, 0) is 4.79 Å². The second kappa shape index (κ2) is 10.8. The third-order valence-electron chi connectivity index (χ3n) is 5.38. The molecule has 2 N–H and O–H groups in total. The second-order valence-electron chi connectivity index (χ2n) is 8.68. The van der Waals surface area contributed by atoms with Gasteiger partial charge in [0.15, 0.2) is 0 Å². The molecule has 0 spiro atoms. The topological polar surface area (TPSA) is 70.7 Å². The van der Waals surface area contributed by atoms with Crippen LogP contribution in [0.15, 0.2) is 48.5 Å². The summed E-state index contributed by atoms with van der Waals surface area (Å²) in [5.41, 5.74) is 2.21. The number of carbonyl (C=O) groups excluding carboxylic acids is 2. The zero-order valence-corrected chi connectivity index (χ0v) is 18.7. The number of ether oxygens (including phenoxy) is 1. The van der Waals surface area contributed by atoms with E-state index in [1.807, 2.05) is 53.4 Å². The largest absolute Gasteiger partial charge is 0.493 e. The van der Waals surface area contributed by atoms with Crippen LogP contribution in [0.25, 0.3) is 0 Å². The second-order valence-corrected chi connectivity index (χ2v) is 8.68. The van der Waals surface area contributed by atoms with Gasteiger partial charge in [0, 0.05) is 30.0 Å². The Balaban J connectivity index is 1.44. The monoisotopic (exact) mass is 423 g/mol. The van der Waals surface area contributed by atoms with Gasteiger partial charge in [-0.2, -0.15) is 0 Å². The van der Waals surface area contributed by atoms with E-state index in [9.17, 15) is 9.59 Å². The van der Waals surface area contributed by atoms with E-state index in [1.165, 1.54) is 0 Å². The van der Waals surface area contributed by atoms with Gasteiger partial charge in [0.1, 0.15) is 5.75 Å². The van der Waals surface area contributed by atoms with Gasteiger partial charge in [-0.25, -0.2) is 0 Å². The number of piperidine rings is 1. The number of benzene rings is 2. The molecule has 1 saturated heterocycles. The van der Waals surface area contributed by atoms with Crippen molar-refractivity contribution < 1.29 is 14.3 Å². The lowest BCUT2D eigenvalue weighted by molar-refractivity contribution is -0.114. The normalized spacial score (nSPS) is 14.4. The molecule has 0 atom stereocenters. The summed E-state index contributed by atoms with van der Waals surface area (Å²) in [6.45, 7) is 8.89. The molecule has 0 aromatic heterocycles. The van der Waals surface area contributed by atoms with Crippen LogP contribution in [0.2, 0.25) is 0 Å². The fraction of sp³-hybridized carbons (Fsp3) is 0.440. The zero-order valence-electron chi connectivity index (χ0n) is 18.7. The van der Waals surface area contributed by atoms with E-state index in [0.717, 1.165) is 43.1 Å². The fourth-order valence-corrected chi connectivity index (χ4v) is 3.41.